The van der Waals surface area contributed by atoms with Gasteiger partial charge < -0.3 is 14.6 Å². The van der Waals surface area contributed by atoms with E-state index in [-0.39, 0.29) is 31.3 Å². The fourth-order valence-electron chi connectivity index (χ4n) is 7.86. The summed E-state index contributed by atoms with van der Waals surface area (Å²) in [5, 5.41) is 11.4. The molecule has 0 aromatic rings. The van der Waals surface area contributed by atoms with Crippen molar-refractivity contribution in [1.29, 1.82) is 0 Å². The predicted molar refractivity (Wildman–Crippen MR) is 124 cm³/mol. The molecule has 3 saturated carbocycles. The number of fused-ring (bicyclic) bond motifs is 5. The molecule has 0 aromatic heterocycles. The topological polar surface area (TPSA) is 124 Å². The van der Waals surface area contributed by atoms with E-state index in [0.29, 0.717) is 0 Å². The molecule has 202 valence electrons. The molecule has 1 N–H and O–H groups in total. The number of ether oxygens (including phenoxy) is 2. The maximum Gasteiger partial charge on any atom is 0.307 e. The molecule has 8 nitrogen and oxygen atoms in total. The van der Waals surface area contributed by atoms with Gasteiger partial charge in [0, 0.05) is 29.2 Å². The van der Waals surface area contributed by atoms with Crippen molar-refractivity contribution in [3.8, 4) is 0 Å². The quantitative estimate of drug-likeness (QED) is 0.528. The van der Waals surface area contributed by atoms with Gasteiger partial charge in [-0.05, 0) is 37.8 Å². The predicted octanol–water partition coefficient (Wildman–Crippen LogP) is 2.56. The van der Waals surface area contributed by atoms with Crippen molar-refractivity contribution < 1.29 is 47.3 Å². The van der Waals surface area contributed by atoms with E-state index < -0.39 is 88.3 Å². The van der Waals surface area contributed by atoms with Crippen LogP contribution in [0.5, 0.6) is 0 Å². The highest BCUT2D eigenvalue weighted by molar-refractivity contribution is 6.10. The summed E-state index contributed by atoms with van der Waals surface area (Å²) in [5.41, 5.74) is -7.38. The van der Waals surface area contributed by atoms with Crippen LogP contribution >= 0.6 is 0 Å². The summed E-state index contributed by atoms with van der Waals surface area (Å²) in [5.74, 6) is -6.05. The van der Waals surface area contributed by atoms with E-state index in [4.69, 9.17) is 4.74 Å². The zero-order valence-corrected chi connectivity index (χ0v) is 21.3. The summed E-state index contributed by atoms with van der Waals surface area (Å²) in [7, 11) is 1.16. The van der Waals surface area contributed by atoms with Crippen molar-refractivity contribution >= 4 is 29.3 Å². The molecule has 0 unspecified atom stereocenters. The SMILES string of the molecule is COC(=O)CCC(=O)O[C@]1(C(=O)CF)[C@@H](C)C[C@H]2[C@@H]3CC(=O)C4=CC(=O)C=C[C@]4(C)[C@@]3(F)[C@@H](O)C[C@@]21C. The van der Waals surface area contributed by atoms with Crippen molar-refractivity contribution in [2.45, 2.75) is 70.2 Å². The molecule has 37 heavy (non-hydrogen) atoms. The zero-order valence-electron chi connectivity index (χ0n) is 21.3. The highest BCUT2D eigenvalue weighted by Gasteiger charge is 2.78. The smallest absolute Gasteiger partial charge is 0.307 e. The van der Waals surface area contributed by atoms with E-state index in [1.165, 1.54) is 19.1 Å². The monoisotopic (exact) mass is 522 g/mol. The Kier molecular flexibility index (Phi) is 6.58. The third-order valence-electron chi connectivity index (χ3n) is 9.60. The van der Waals surface area contributed by atoms with Gasteiger partial charge in [0.05, 0.1) is 31.5 Å². The molecule has 4 rings (SSSR count). The van der Waals surface area contributed by atoms with Crippen molar-refractivity contribution in [2.24, 2.45) is 28.6 Å². The molecule has 8 atom stereocenters. The van der Waals surface area contributed by atoms with E-state index in [1.54, 1.807) is 13.8 Å². The first kappa shape index (κ1) is 27.3. The number of ketones is 3. The summed E-state index contributed by atoms with van der Waals surface area (Å²) < 4.78 is 41.6. The van der Waals surface area contributed by atoms with Gasteiger partial charge in [-0.3, -0.25) is 24.0 Å². The third-order valence-corrected chi connectivity index (χ3v) is 9.60. The van der Waals surface area contributed by atoms with E-state index in [1.807, 2.05) is 0 Å². The molecule has 0 amide bonds. The Balaban J connectivity index is 1.79. The van der Waals surface area contributed by atoms with Gasteiger partial charge in [0.2, 0.25) is 5.78 Å². The number of rotatable bonds is 6. The van der Waals surface area contributed by atoms with Crippen molar-refractivity contribution in [3.63, 3.8) is 0 Å². The van der Waals surface area contributed by atoms with E-state index in [0.717, 1.165) is 13.2 Å². The molecule has 0 heterocycles. The van der Waals surface area contributed by atoms with Crippen LogP contribution in [-0.2, 0) is 33.4 Å². The first-order chi connectivity index (χ1) is 17.2. The molecule has 0 radical (unpaired) electrons. The lowest BCUT2D eigenvalue weighted by Gasteiger charge is -2.62. The fourth-order valence-corrected chi connectivity index (χ4v) is 7.86. The van der Waals surface area contributed by atoms with Gasteiger partial charge in [-0.15, -0.1) is 0 Å². The number of allylic oxidation sites excluding steroid dienone is 4. The number of esters is 2. The van der Waals surface area contributed by atoms with E-state index in [2.05, 4.69) is 4.74 Å². The van der Waals surface area contributed by atoms with Crippen molar-refractivity contribution in [2.75, 3.05) is 13.8 Å². The summed E-state index contributed by atoms with van der Waals surface area (Å²) in [6.45, 7) is 3.20. The van der Waals surface area contributed by atoms with Gasteiger partial charge in [-0.25, -0.2) is 8.78 Å². The molecular weight excluding hydrogens is 490 g/mol. The first-order valence-corrected chi connectivity index (χ1v) is 12.5. The summed E-state index contributed by atoms with van der Waals surface area (Å²) in [4.78, 5) is 62.8. The minimum absolute atomic E-state index is 0.00668. The number of aliphatic hydroxyl groups is 1. The lowest BCUT2D eigenvalue weighted by molar-refractivity contribution is -0.226. The highest BCUT2D eigenvalue weighted by Crippen LogP contribution is 2.71. The molecule has 0 spiro atoms. The van der Waals surface area contributed by atoms with E-state index >= 15 is 4.39 Å². The Morgan fingerprint density at radius 2 is 1.78 bits per heavy atom. The maximum atomic E-state index is 17.3. The van der Waals surface area contributed by atoms with Crippen LogP contribution in [-0.4, -0.2) is 65.6 Å². The minimum atomic E-state index is -2.36. The summed E-state index contributed by atoms with van der Waals surface area (Å²) in [6.07, 6.45) is 0.648. The average Bonchev–Trinajstić information content (AvgIpc) is 3.07. The number of carbonyl (C=O) groups excluding carboxylic acids is 5. The number of alkyl halides is 2. The second kappa shape index (κ2) is 8.92. The number of hydrogen-bond donors (Lipinski definition) is 1. The van der Waals surface area contributed by atoms with Gasteiger partial charge in [-0.2, -0.15) is 0 Å². The molecule has 0 saturated heterocycles. The van der Waals surface area contributed by atoms with Crippen molar-refractivity contribution in [1.82, 2.24) is 0 Å². The van der Waals surface area contributed by atoms with Crippen LogP contribution in [0.25, 0.3) is 0 Å². The van der Waals surface area contributed by atoms with Crippen LogP contribution in [0.3, 0.4) is 0 Å². The summed E-state index contributed by atoms with van der Waals surface area (Å²) in [6, 6.07) is 0. The normalized spacial score (nSPS) is 42.3. The van der Waals surface area contributed by atoms with Crippen LogP contribution in [0, 0.1) is 28.6 Å². The Morgan fingerprint density at radius 1 is 1.14 bits per heavy atom. The molecule has 0 aliphatic heterocycles. The van der Waals surface area contributed by atoms with Gasteiger partial charge in [0.1, 0.15) is 0 Å². The zero-order chi connectivity index (χ0) is 27.6. The Bertz CT molecular complexity index is 1130. The van der Waals surface area contributed by atoms with Crippen LogP contribution < -0.4 is 0 Å². The molecule has 4 aliphatic rings. The van der Waals surface area contributed by atoms with Gasteiger partial charge >= 0.3 is 11.9 Å². The molecule has 0 aromatic carbocycles. The van der Waals surface area contributed by atoms with Crippen LogP contribution in [0.2, 0.25) is 0 Å². The van der Waals surface area contributed by atoms with E-state index in [9.17, 15) is 33.5 Å². The highest BCUT2D eigenvalue weighted by atomic mass is 19.1. The fraction of sp³-hybridized carbons (Fsp3) is 0.667. The number of carbonyl (C=O) groups is 5. The van der Waals surface area contributed by atoms with Gasteiger partial charge in [0.15, 0.2) is 29.5 Å². The van der Waals surface area contributed by atoms with Crippen LogP contribution in [0.1, 0.15) is 52.9 Å². The molecule has 10 heteroatoms. The lowest BCUT2D eigenvalue weighted by atomic mass is 9.44. The number of Topliss-reactive ketones (excluding diaryl/α,β-unsaturated/α-hetero) is 2. The largest absolute Gasteiger partial charge is 0.469 e. The van der Waals surface area contributed by atoms with Crippen LogP contribution in [0.15, 0.2) is 23.8 Å². The Labute approximate surface area is 213 Å². The lowest BCUT2D eigenvalue weighted by Crippen LogP contribution is -2.71. The third kappa shape index (κ3) is 3.51. The molecule has 4 aliphatic carbocycles. The maximum absolute atomic E-state index is 17.3. The number of halogens is 2. The minimum Gasteiger partial charge on any atom is -0.469 e. The van der Waals surface area contributed by atoms with Gasteiger partial charge in [-0.1, -0.05) is 19.9 Å². The summed E-state index contributed by atoms with van der Waals surface area (Å²) >= 11 is 0. The first-order valence-electron chi connectivity index (χ1n) is 12.5. The number of methoxy groups -OCH3 is 1. The average molecular weight is 523 g/mol. The Hall–Kier alpha value is -2.75. The number of aliphatic hydroxyl groups excluding tert-OH is 1. The molecular formula is C27H32F2O8. The standard InChI is InChI=1S/C27H32F2O8/c1-14-9-16-17-11-19(31)18-10-15(30)7-8-24(18,2)26(17,29)20(32)12-25(16,3)27(14,21(33)13-28)37-23(35)6-5-22(34)36-4/h7-8,10,14,16-17,20,32H,5-6,9,11-13H2,1-4H3/t14-,16-,17-,20-,24-,25-,26-,27-/m0/s1. The van der Waals surface area contributed by atoms with Crippen LogP contribution in [0.4, 0.5) is 8.78 Å². The second-order valence-corrected chi connectivity index (χ2v) is 11.2. The van der Waals surface area contributed by atoms with Crippen molar-refractivity contribution in [3.05, 3.63) is 23.8 Å². The molecule has 0 bridgehead atoms. The second-order valence-electron chi connectivity index (χ2n) is 11.2. The van der Waals surface area contributed by atoms with Gasteiger partial charge in [0.25, 0.3) is 0 Å². The number of hydrogen-bond acceptors (Lipinski definition) is 8. The Morgan fingerprint density at radius 3 is 2.41 bits per heavy atom. The molecule has 3 fully saturated rings.